The molecular formula is C15H28. The molecule has 0 unspecified atom stereocenters. The van der Waals surface area contributed by atoms with E-state index in [1.165, 1.54) is 38.5 Å². The van der Waals surface area contributed by atoms with E-state index in [1.54, 1.807) is 0 Å². The van der Waals surface area contributed by atoms with Crippen molar-refractivity contribution in [2.45, 2.75) is 66.2 Å². The maximum atomic E-state index is 2.59. The zero-order valence-electron chi connectivity index (χ0n) is 11.1. The van der Waals surface area contributed by atoms with Gasteiger partial charge < -0.3 is 0 Å². The molecule has 0 spiro atoms. The van der Waals surface area contributed by atoms with Crippen molar-refractivity contribution < 1.29 is 0 Å². The van der Waals surface area contributed by atoms with Gasteiger partial charge in [0.15, 0.2) is 0 Å². The molecule has 0 nitrogen and oxygen atoms in total. The van der Waals surface area contributed by atoms with Crippen LogP contribution in [0.15, 0.2) is 0 Å². The van der Waals surface area contributed by atoms with E-state index < -0.39 is 0 Å². The third-order valence-electron chi connectivity index (χ3n) is 5.78. The standard InChI is InChI=1S/C15H28/c1-11(2)13-8-9-14-7-5-6-12(3)15(14,4)10-13/h11-14H,5-10H2,1-4H3/t12-,13+,14+,15+/m1/s1. The molecule has 0 radical (unpaired) electrons. The van der Waals surface area contributed by atoms with E-state index in [2.05, 4.69) is 27.7 Å². The minimum absolute atomic E-state index is 0.686. The Morgan fingerprint density at radius 3 is 2.47 bits per heavy atom. The monoisotopic (exact) mass is 208 g/mol. The molecule has 88 valence electrons. The molecule has 4 atom stereocenters. The lowest BCUT2D eigenvalue weighted by Gasteiger charge is -2.52. The van der Waals surface area contributed by atoms with Crippen molar-refractivity contribution in [1.29, 1.82) is 0 Å². The van der Waals surface area contributed by atoms with Crippen LogP contribution >= 0.6 is 0 Å². The molecule has 0 aromatic heterocycles. The Morgan fingerprint density at radius 2 is 1.80 bits per heavy atom. The van der Waals surface area contributed by atoms with E-state index in [-0.39, 0.29) is 0 Å². The predicted octanol–water partition coefficient (Wildman–Crippen LogP) is 4.89. The number of fused-ring (bicyclic) bond motifs is 1. The van der Waals surface area contributed by atoms with Gasteiger partial charge >= 0.3 is 0 Å². The number of hydrogen-bond acceptors (Lipinski definition) is 0. The lowest BCUT2D eigenvalue weighted by molar-refractivity contribution is -0.0232. The Hall–Kier alpha value is 0. The van der Waals surface area contributed by atoms with Gasteiger partial charge in [0.05, 0.1) is 0 Å². The van der Waals surface area contributed by atoms with Crippen molar-refractivity contribution in [2.75, 3.05) is 0 Å². The van der Waals surface area contributed by atoms with Crippen molar-refractivity contribution >= 4 is 0 Å². The summed E-state index contributed by atoms with van der Waals surface area (Å²) in [6.07, 6.45) is 9.03. The highest BCUT2D eigenvalue weighted by molar-refractivity contribution is 4.95. The van der Waals surface area contributed by atoms with Gasteiger partial charge in [0.1, 0.15) is 0 Å². The molecule has 0 aromatic carbocycles. The molecule has 0 heteroatoms. The number of hydrogen-bond donors (Lipinski definition) is 0. The lowest BCUT2D eigenvalue weighted by atomic mass is 9.53. The van der Waals surface area contributed by atoms with E-state index in [1.807, 2.05) is 0 Å². The molecule has 0 aromatic rings. The van der Waals surface area contributed by atoms with Crippen LogP contribution in [0, 0.1) is 29.1 Å². The first-order valence-corrected chi connectivity index (χ1v) is 7.04. The van der Waals surface area contributed by atoms with Crippen LogP contribution in [-0.2, 0) is 0 Å². The summed E-state index contributed by atoms with van der Waals surface area (Å²) in [5.74, 6) is 3.93. The summed E-state index contributed by atoms with van der Waals surface area (Å²) >= 11 is 0. The summed E-state index contributed by atoms with van der Waals surface area (Å²) in [7, 11) is 0. The normalized spacial score (nSPS) is 46.6. The fourth-order valence-corrected chi connectivity index (χ4v) is 4.23. The molecule has 0 aliphatic heterocycles. The Labute approximate surface area is 95.8 Å². The van der Waals surface area contributed by atoms with Gasteiger partial charge in [-0.2, -0.15) is 0 Å². The first-order chi connectivity index (χ1) is 7.04. The van der Waals surface area contributed by atoms with Crippen molar-refractivity contribution in [3.8, 4) is 0 Å². The predicted molar refractivity (Wildman–Crippen MR) is 66.8 cm³/mol. The molecule has 0 saturated heterocycles. The van der Waals surface area contributed by atoms with Gasteiger partial charge in [-0.3, -0.25) is 0 Å². The van der Waals surface area contributed by atoms with Crippen LogP contribution in [0.3, 0.4) is 0 Å². The van der Waals surface area contributed by atoms with Crippen LogP contribution in [-0.4, -0.2) is 0 Å². The van der Waals surface area contributed by atoms with Crippen molar-refractivity contribution in [2.24, 2.45) is 29.1 Å². The minimum Gasteiger partial charge on any atom is -0.0625 e. The van der Waals surface area contributed by atoms with E-state index in [9.17, 15) is 0 Å². The Morgan fingerprint density at radius 1 is 1.07 bits per heavy atom. The average Bonchev–Trinajstić information content (AvgIpc) is 2.19. The lowest BCUT2D eigenvalue weighted by Crippen LogP contribution is -2.43. The second-order valence-electron chi connectivity index (χ2n) is 6.82. The molecule has 2 aliphatic carbocycles. The summed E-state index contributed by atoms with van der Waals surface area (Å²) in [6, 6.07) is 0. The van der Waals surface area contributed by atoms with Gasteiger partial charge in [0.2, 0.25) is 0 Å². The molecule has 2 rings (SSSR count). The zero-order valence-corrected chi connectivity index (χ0v) is 11.1. The summed E-state index contributed by atoms with van der Waals surface area (Å²) in [5.41, 5.74) is 0.686. The molecule has 2 saturated carbocycles. The van der Waals surface area contributed by atoms with E-state index in [0.29, 0.717) is 5.41 Å². The summed E-state index contributed by atoms with van der Waals surface area (Å²) in [4.78, 5) is 0. The Kier molecular flexibility index (Phi) is 3.14. The second kappa shape index (κ2) is 4.11. The second-order valence-corrected chi connectivity index (χ2v) is 6.82. The van der Waals surface area contributed by atoms with Gasteiger partial charge in [-0.25, -0.2) is 0 Å². The SMILES string of the molecule is CC(C)[C@H]1CC[C@@H]2CCC[C@@H](C)[C@]2(C)C1. The molecule has 0 N–H and O–H groups in total. The highest BCUT2D eigenvalue weighted by Crippen LogP contribution is 2.55. The van der Waals surface area contributed by atoms with Gasteiger partial charge in [-0.05, 0) is 54.8 Å². The molecule has 0 amide bonds. The molecule has 2 aliphatic rings. The highest BCUT2D eigenvalue weighted by atomic mass is 14.5. The maximum absolute atomic E-state index is 2.59. The quantitative estimate of drug-likeness (QED) is 0.576. The smallest absolute Gasteiger partial charge is 0.0269 e. The molecular weight excluding hydrogens is 180 g/mol. The summed E-state index contributed by atoms with van der Waals surface area (Å²) in [6.45, 7) is 9.94. The fraction of sp³-hybridized carbons (Fsp3) is 1.00. The average molecular weight is 208 g/mol. The minimum atomic E-state index is 0.686. The molecule has 2 fully saturated rings. The summed E-state index contributed by atoms with van der Waals surface area (Å²) in [5, 5.41) is 0. The van der Waals surface area contributed by atoms with Crippen LogP contribution in [0.5, 0.6) is 0 Å². The van der Waals surface area contributed by atoms with Gasteiger partial charge in [-0.15, -0.1) is 0 Å². The van der Waals surface area contributed by atoms with Crippen molar-refractivity contribution in [3.05, 3.63) is 0 Å². The van der Waals surface area contributed by atoms with Crippen LogP contribution in [0.4, 0.5) is 0 Å². The Balaban J connectivity index is 2.12. The zero-order chi connectivity index (χ0) is 11.1. The fourth-order valence-electron chi connectivity index (χ4n) is 4.23. The first-order valence-electron chi connectivity index (χ1n) is 7.04. The first kappa shape index (κ1) is 11.5. The van der Waals surface area contributed by atoms with Crippen molar-refractivity contribution in [3.63, 3.8) is 0 Å². The summed E-state index contributed by atoms with van der Waals surface area (Å²) < 4.78 is 0. The van der Waals surface area contributed by atoms with E-state index in [0.717, 1.165) is 23.7 Å². The third kappa shape index (κ3) is 1.97. The van der Waals surface area contributed by atoms with Gasteiger partial charge in [-0.1, -0.05) is 40.5 Å². The molecule has 15 heavy (non-hydrogen) atoms. The van der Waals surface area contributed by atoms with Crippen LogP contribution in [0.25, 0.3) is 0 Å². The molecule has 0 bridgehead atoms. The largest absolute Gasteiger partial charge is 0.0625 e. The van der Waals surface area contributed by atoms with E-state index in [4.69, 9.17) is 0 Å². The Bertz CT molecular complexity index is 218. The van der Waals surface area contributed by atoms with Crippen LogP contribution in [0.1, 0.15) is 66.2 Å². The van der Waals surface area contributed by atoms with E-state index >= 15 is 0 Å². The third-order valence-corrected chi connectivity index (χ3v) is 5.78. The van der Waals surface area contributed by atoms with Crippen molar-refractivity contribution in [1.82, 2.24) is 0 Å². The van der Waals surface area contributed by atoms with Crippen LogP contribution in [0.2, 0.25) is 0 Å². The highest BCUT2D eigenvalue weighted by Gasteiger charge is 2.45. The van der Waals surface area contributed by atoms with Gasteiger partial charge in [0.25, 0.3) is 0 Å². The van der Waals surface area contributed by atoms with Gasteiger partial charge in [0, 0.05) is 0 Å². The topological polar surface area (TPSA) is 0 Å². The van der Waals surface area contributed by atoms with Crippen LogP contribution < -0.4 is 0 Å². The molecule has 0 heterocycles. The number of rotatable bonds is 1. The maximum Gasteiger partial charge on any atom is -0.0269 e.